The highest BCUT2D eigenvalue weighted by molar-refractivity contribution is 5.90. The third-order valence-electron chi connectivity index (χ3n) is 6.70. The Hall–Kier alpha value is -3.02. The van der Waals surface area contributed by atoms with Gasteiger partial charge in [-0.05, 0) is 86.1 Å². The van der Waals surface area contributed by atoms with Crippen molar-refractivity contribution in [1.29, 1.82) is 0 Å². The molecule has 32 heavy (non-hydrogen) atoms. The average Bonchev–Trinajstić information content (AvgIpc) is 2.81. The Morgan fingerprint density at radius 1 is 0.625 bits per heavy atom. The summed E-state index contributed by atoms with van der Waals surface area (Å²) >= 11 is 0. The first-order valence-electron chi connectivity index (χ1n) is 11.3. The molecule has 0 saturated heterocycles. The smallest absolute Gasteiger partial charge is 0.338 e. The van der Waals surface area contributed by atoms with Crippen LogP contribution in [0.3, 0.4) is 0 Å². The maximum atomic E-state index is 12.9. The molecule has 4 unspecified atom stereocenters. The minimum atomic E-state index is -0.439. The molecule has 2 bridgehead atoms. The zero-order valence-electron chi connectivity index (χ0n) is 18.6. The van der Waals surface area contributed by atoms with E-state index in [-0.39, 0.29) is 11.8 Å². The highest BCUT2D eigenvalue weighted by Gasteiger charge is 2.45. The molecular formula is C26H30O6. The topological polar surface area (TPSA) is 71.1 Å². The van der Waals surface area contributed by atoms with Crippen LogP contribution in [0, 0.1) is 11.8 Å². The molecule has 4 rings (SSSR count). The van der Waals surface area contributed by atoms with Gasteiger partial charge >= 0.3 is 11.9 Å². The maximum Gasteiger partial charge on any atom is 0.338 e. The third kappa shape index (κ3) is 4.90. The van der Waals surface area contributed by atoms with Crippen molar-refractivity contribution >= 4 is 11.9 Å². The number of ether oxygens (including phenoxy) is 4. The number of hydrogen-bond acceptors (Lipinski definition) is 6. The highest BCUT2D eigenvalue weighted by atomic mass is 16.6. The molecule has 0 aliphatic heterocycles. The molecule has 0 amide bonds. The second kappa shape index (κ2) is 10.1. The van der Waals surface area contributed by atoms with E-state index >= 15 is 0 Å². The van der Waals surface area contributed by atoms with Crippen LogP contribution in [-0.4, -0.2) is 38.4 Å². The van der Waals surface area contributed by atoms with E-state index in [2.05, 4.69) is 0 Å². The molecule has 2 saturated carbocycles. The second-order valence-electron chi connectivity index (χ2n) is 8.58. The average molecular weight is 439 g/mol. The number of hydrogen-bond donors (Lipinski definition) is 0. The lowest BCUT2D eigenvalue weighted by molar-refractivity contribution is -0.105. The third-order valence-corrected chi connectivity index (χ3v) is 6.70. The van der Waals surface area contributed by atoms with E-state index in [4.69, 9.17) is 18.9 Å². The first-order valence-corrected chi connectivity index (χ1v) is 11.3. The molecule has 2 aliphatic carbocycles. The Morgan fingerprint density at radius 2 is 1.00 bits per heavy atom. The van der Waals surface area contributed by atoms with Gasteiger partial charge in [0.25, 0.3) is 0 Å². The predicted molar refractivity (Wildman–Crippen MR) is 119 cm³/mol. The van der Waals surface area contributed by atoms with Gasteiger partial charge in [0.05, 0.1) is 25.3 Å². The van der Waals surface area contributed by atoms with Crippen LogP contribution >= 0.6 is 0 Å². The molecular weight excluding hydrogens is 408 g/mol. The maximum absolute atomic E-state index is 12.9. The van der Waals surface area contributed by atoms with Crippen LogP contribution in [0.25, 0.3) is 0 Å². The first-order chi connectivity index (χ1) is 15.6. The standard InChI is InChI=1S/C26H30O6/c1-29-21-13-9-19(10-14-21)25(27)31-23-17-5-3-4-6-18(8-7-17)24(23)32-26(28)20-11-15-22(30-2)16-12-20/h9-18,23-24H,3-8H2,1-2H3. The molecule has 0 N–H and O–H groups in total. The van der Waals surface area contributed by atoms with Crippen LogP contribution in [0.5, 0.6) is 11.5 Å². The van der Waals surface area contributed by atoms with Gasteiger partial charge in [-0.15, -0.1) is 0 Å². The summed E-state index contributed by atoms with van der Waals surface area (Å²) in [6.45, 7) is 0. The number of benzene rings is 2. The quantitative estimate of drug-likeness (QED) is 0.588. The molecule has 170 valence electrons. The van der Waals surface area contributed by atoms with Crippen LogP contribution in [0.2, 0.25) is 0 Å². The molecule has 4 atom stereocenters. The van der Waals surface area contributed by atoms with Gasteiger partial charge in [0.2, 0.25) is 0 Å². The first kappa shape index (κ1) is 22.2. The minimum absolute atomic E-state index is 0.197. The van der Waals surface area contributed by atoms with Gasteiger partial charge < -0.3 is 18.9 Å². The SMILES string of the molecule is COc1ccc(C(=O)OC2C3CCCCC(CC3)C2OC(=O)c2ccc(OC)cc2)cc1. The van der Waals surface area contributed by atoms with Gasteiger partial charge in [-0.3, -0.25) is 0 Å². The number of esters is 2. The van der Waals surface area contributed by atoms with Crippen molar-refractivity contribution in [2.24, 2.45) is 11.8 Å². The largest absolute Gasteiger partial charge is 0.497 e. The van der Waals surface area contributed by atoms with E-state index in [1.165, 1.54) is 0 Å². The van der Waals surface area contributed by atoms with Gasteiger partial charge in [-0.2, -0.15) is 0 Å². The summed E-state index contributed by atoms with van der Waals surface area (Å²) in [6.07, 6.45) is 5.27. The fourth-order valence-electron chi connectivity index (χ4n) is 4.89. The van der Waals surface area contributed by atoms with Crippen molar-refractivity contribution in [2.75, 3.05) is 14.2 Å². The van der Waals surface area contributed by atoms with E-state index < -0.39 is 24.1 Å². The molecule has 2 aromatic rings. The fourth-order valence-corrected chi connectivity index (χ4v) is 4.89. The summed E-state index contributed by atoms with van der Waals surface area (Å²) in [4.78, 5) is 25.9. The Morgan fingerprint density at radius 3 is 1.34 bits per heavy atom. The van der Waals surface area contributed by atoms with Crippen molar-refractivity contribution in [3.8, 4) is 11.5 Å². The van der Waals surface area contributed by atoms with E-state index in [9.17, 15) is 9.59 Å². The molecule has 6 heteroatoms. The molecule has 0 heterocycles. The Kier molecular flexibility index (Phi) is 6.98. The summed E-state index contributed by atoms with van der Waals surface area (Å²) < 4.78 is 22.4. The second-order valence-corrected chi connectivity index (χ2v) is 8.58. The van der Waals surface area contributed by atoms with Crippen LogP contribution in [-0.2, 0) is 9.47 Å². The van der Waals surface area contributed by atoms with Gasteiger partial charge in [-0.1, -0.05) is 12.8 Å². The number of carbonyl (C=O) groups is 2. The normalized spacial score (nSPS) is 24.7. The molecule has 6 nitrogen and oxygen atoms in total. The molecule has 2 aliphatic rings. The van der Waals surface area contributed by atoms with Crippen LogP contribution < -0.4 is 9.47 Å². The molecule has 2 aromatic carbocycles. The minimum Gasteiger partial charge on any atom is -0.497 e. The van der Waals surface area contributed by atoms with Crippen molar-refractivity contribution in [1.82, 2.24) is 0 Å². The van der Waals surface area contributed by atoms with Crippen molar-refractivity contribution in [3.05, 3.63) is 59.7 Å². The molecule has 2 fully saturated rings. The Labute approximate surface area is 188 Å². The van der Waals surface area contributed by atoms with E-state index in [0.29, 0.717) is 22.6 Å². The molecule has 0 aromatic heterocycles. The van der Waals surface area contributed by atoms with Crippen molar-refractivity contribution < 1.29 is 28.5 Å². The molecule has 0 spiro atoms. The van der Waals surface area contributed by atoms with Crippen LogP contribution in [0.15, 0.2) is 48.5 Å². The zero-order chi connectivity index (χ0) is 22.5. The van der Waals surface area contributed by atoms with E-state index in [1.807, 2.05) is 0 Å². The number of fused-ring (bicyclic) bond motifs is 3. The van der Waals surface area contributed by atoms with Gasteiger partial charge in [-0.25, -0.2) is 9.59 Å². The van der Waals surface area contributed by atoms with Gasteiger partial charge in [0.1, 0.15) is 23.7 Å². The number of methoxy groups -OCH3 is 2. The Balaban J connectivity index is 1.53. The fraction of sp³-hybridized carbons (Fsp3) is 0.462. The highest BCUT2D eigenvalue weighted by Crippen LogP contribution is 2.41. The molecule has 0 radical (unpaired) electrons. The lowest BCUT2D eigenvalue weighted by Gasteiger charge is -2.43. The van der Waals surface area contributed by atoms with Crippen molar-refractivity contribution in [2.45, 2.75) is 50.7 Å². The number of rotatable bonds is 6. The van der Waals surface area contributed by atoms with Crippen LogP contribution in [0.4, 0.5) is 0 Å². The van der Waals surface area contributed by atoms with E-state index in [0.717, 1.165) is 38.5 Å². The van der Waals surface area contributed by atoms with Gasteiger partial charge in [0.15, 0.2) is 0 Å². The predicted octanol–water partition coefficient (Wildman–Crippen LogP) is 5.06. The van der Waals surface area contributed by atoms with E-state index in [1.54, 1.807) is 62.8 Å². The van der Waals surface area contributed by atoms with Crippen molar-refractivity contribution in [3.63, 3.8) is 0 Å². The summed E-state index contributed by atoms with van der Waals surface area (Å²) in [5.41, 5.74) is 0.924. The summed E-state index contributed by atoms with van der Waals surface area (Å²) in [7, 11) is 3.17. The van der Waals surface area contributed by atoms with Crippen LogP contribution in [0.1, 0.15) is 59.2 Å². The monoisotopic (exact) mass is 438 g/mol. The summed E-state index contributed by atoms with van der Waals surface area (Å²) in [5.74, 6) is 0.962. The lowest BCUT2D eigenvalue weighted by atomic mass is 9.71. The number of carbonyl (C=O) groups excluding carboxylic acids is 2. The summed E-state index contributed by atoms with van der Waals surface area (Å²) in [6, 6.07) is 13.7. The van der Waals surface area contributed by atoms with Gasteiger partial charge in [0, 0.05) is 0 Å². The zero-order valence-corrected chi connectivity index (χ0v) is 18.6. The Bertz CT molecular complexity index is 839. The summed E-state index contributed by atoms with van der Waals surface area (Å²) in [5, 5.41) is 0. The lowest BCUT2D eigenvalue weighted by Crippen LogP contribution is -2.49.